The lowest BCUT2D eigenvalue weighted by Crippen LogP contribution is -2.18. The highest BCUT2D eigenvalue weighted by Crippen LogP contribution is 2.32. The topological polar surface area (TPSA) is 51.8 Å². The van der Waals surface area contributed by atoms with E-state index in [1.807, 2.05) is 0 Å². The van der Waals surface area contributed by atoms with Crippen LogP contribution in [0.1, 0.15) is 43.2 Å². The maximum Gasteiger partial charge on any atom is 0.162 e. The Morgan fingerprint density at radius 3 is 2.10 bits per heavy atom. The first-order valence-corrected chi connectivity index (χ1v) is 8.11. The summed E-state index contributed by atoms with van der Waals surface area (Å²) < 4.78 is 0.949. The number of aromatic nitrogens is 2. The molecular formula is C17H22IN3. The van der Waals surface area contributed by atoms with Crippen molar-refractivity contribution in [2.45, 2.75) is 47.0 Å². The predicted octanol–water partition coefficient (Wildman–Crippen LogP) is 4.55. The van der Waals surface area contributed by atoms with Crippen molar-refractivity contribution in [2.75, 3.05) is 5.73 Å². The van der Waals surface area contributed by atoms with Gasteiger partial charge in [-0.25, -0.2) is 9.97 Å². The summed E-state index contributed by atoms with van der Waals surface area (Å²) in [6.45, 7) is 12.8. The lowest BCUT2D eigenvalue weighted by Gasteiger charge is -2.21. The molecule has 2 N–H and O–H groups in total. The molecule has 2 aromatic rings. The highest BCUT2D eigenvalue weighted by molar-refractivity contribution is 14.1. The minimum Gasteiger partial charge on any atom is -0.383 e. The van der Waals surface area contributed by atoms with E-state index < -0.39 is 0 Å². The van der Waals surface area contributed by atoms with Crippen LogP contribution < -0.4 is 5.73 Å². The average molecular weight is 395 g/mol. The van der Waals surface area contributed by atoms with Crippen molar-refractivity contribution in [3.8, 4) is 11.4 Å². The Morgan fingerprint density at radius 1 is 0.952 bits per heavy atom. The third kappa shape index (κ3) is 3.20. The zero-order valence-electron chi connectivity index (χ0n) is 13.5. The van der Waals surface area contributed by atoms with Crippen LogP contribution in [0.3, 0.4) is 0 Å². The van der Waals surface area contributed by atoms with Gasteiger partial charge in [-0.15, -0.1) is 0 Å². The largest absolute Gasteiger partial charge is 0.383 e. The first kappa shape index (κ1) is 16.2. The van der Waals surface area contributed by atoms with Crippen LogP contribution in [0.4, 0.5) is 5.82 Å². The first-order valence-electron chi connectivity index (χ1n) is 7.03. The number of nitrogens with zero attached hydrogens (tertiary/aromatic N) is 2. The van der Waals surface area contributed by atoms with Gasteiger partial charge < -0.3 is 5.73 Å². The maximum atomic E-state index is 6.11. The van der Waals surface area contributed by atoms with Crippen LogP contribution in [-0.2, 0) is 5.41 Å². The molecule has 21 heavy (non-hydrogen) atoms. The normalized spacial score (nSPS) is 11.8. The fraction of sp³-hybridized carbons (Fsp3) is 0.412. The molecule has 0 fully saturated rings. The number of hydrogen-bond acceptors (Lipinski definition) is 3. The molecule has 4 heteroatoms. The Hall–Kier alpha value is -1.17. The summed E-state index contributed by atoms with van der Waals surface area (Å²) in [6.07, 6.45) is 0. The summed E-state index contributed by atoms with van der Waals surface area (Å²) in [4.78, 5) is 9.32. The summed E-state index contributed by atoms with van der Waals surface area (Å²) >= 11 is 2.24. The third-order valence-electron chi connectivity index (χ3n) is 3.67. The zero-order chi connectivity index (χ0) is 15.9. The van der Waals surface area contributed by atoms with Crippen LogP contribution in [0.25, 0.3) is 11.4 Å². The zero-order valence-corrected chi connectivity index (χ0v) is 15.7. The monoisotopic (exact) mass is 395 g/mol. The number of anilines is 1. The molecule has 0 radical (unpaired) electrons. The summed E-state index contributed by atoms with van der Waals surface area (Å²) in [5, 5.41) is 0. The summed E-state index contributed by atoms with van der Waals surface area (Å²) in [5.74, 6) is 1.28. The van der Waals surface area contributed by atoms with Crippen molar-refractivity contribution in [1.29, 1.82) is 0 Å². The Kier molecular flexibility index (Phi) is 4.29. The van der Waals surface area contributed by atoms with Crippen molar-refractivity contribution in [3.63, 3.8) is 0 Å². The van der Waals surface area contributed by atoms with Gasteiger partial charge >= 0.3 is 0 Å². The van der Waals surface area contributed by atoms with Crippen LogP contribution in [-0.4, -0.2) is 9.97 Å². The van der Waals surface area contributed by atoms with Crippen LogP contribution in [0.5, 0.6) is 0 Å². The summed E-state index contributed by atoms with van der Waals surface area (Å²) in [5.41, 5.74) is 11.8. The lowest BCUT2D eigenvalue weighted by molar-refractivity contribution is 0.564. The molecule has 0 spiro atoms. The van der Waals surface area contributed by atoms with E-state index in [1.165, 1.54) is 16.7 Å². The van der Waals surface area contributed by atoms with Crippen molar-refractivity contribution in [2.24, 2.45) is 0 Å². The molecule has 0 aliphatic heterocycles. The van der Waals surface area contributed by atoms with Crippen molar-refractivity contribution < 1.29 is 0 Å². The van der Waals surface area contributed by atoms with Gasteiger partial charge in [-0.2, -0.15) is 0 Å². The quantitative estimate of drug-likeness (QED) is 0.721. The van der Waals surface area contributed by atoms with E-state index in [0.717, 1.165) is 20.7 Å². The van der Waals surface area contributed by atoms with Crippen molar-refractivity contribution in [1.82, 2.24) is 9.97 Å². The van der Waals surface area contributed by atoms with Gasteiger partial charge in [0, 0.05) is 11.0 Å². The van der Waals surface area contributed by atoms with E-state index in [4.69, 9.17) is 10.7 Å². The molecule has 0 bridgehead atoms. The number of nitrogen functional groups attached to an aromatic ring is 1. The van der Waals surface area contributed by atoms with Crippen molar-refractivity contribution in [3.05, 3.63) is 38.1 Å². The van der Waals surface area contributed by atoms with Crippen LogP contribution in [0.2, 0.25) is 0 Å². The fourth-order valence-corrected chi connectivity index (χ4v) is 3.33. The van der Waals surface area contributed by atoms with E-state index >= 15 is 0 Å². The van der Waals surface area contributed by atoms with Crippen LogP contribution in [0.15, 0.2) is 12.1 Å². The van der Waals surface area contributed by atoms with Gasteiger partial charge in [-0.05, 0) is 66.1 Å². The molecule has 1 heterocycles. The van der Waals surface area contributed by atoms with Gasteiger partial charge in [-0.3, -0.25) is 0 Å². The molecule has 0 unspecified atom stereocenters. The minimum atomic E-state index is -0.0595. The smallest absolute Gasteiger partial charge is 0.162 e. The van der Waals surface area contributed by atoms with Gasteiger partial charge in [0.15, 0.2) is 5.82 Å². The van der Waals surface area contributed by atoms with Crippen LogP contribution in [0, 0.1) is 24.3 Å². The second-order valence-corrected chi connectivity index (χ2v) is 7.68. The molecule has 0 aliphatic carbocycles. The number of benzene rings is 1. The number of rotatable bonds is 1. The Bertz CT molecular complexity index is 700. The van der Waals surface area contributed by atoms with Crippen molar-refractivity contribution >= 4 is 28.4 Å². The Labute approximate surface area is 140 Å². The molecular weight excluding hydrogens is 373 g/mol. The van der Waals surface area contributed by atoms with E-state index in [0.29, 0.717) is 5.82 Å². The highest BCUT2D eigenvalue weighted by Gasteiger charge is 2.23. The average Bonchev–Trinajstić information content (AvgIpc) is 2.35. The third-order valence-corrected chi connectivity index (χ3v) is 4.73. The molecule has 0 saturated carbocycles. The molecule has 3 nitrogen and oxygen atoms in total. The lowest BCUT2D eigenvalue weighted by atomic mass is 9.91. The Morgan fingerprint density at radius 2 is 1.52 bits per heavy atom. The SMILES string of the molecule is Cc1cc(C)c(-c2nc(N)c(I)c(C(C)(C)C)n2)cc1C. The minimum absolute atomic E-state index is 0.0595. The molecule has 0 saturated heterocycles. The number of halogens is 1. The van der Waals surface area contributed by atoms with Gasteiger partial charge in [0.1, 0.15) is 5.82 Å². The summed E-state index contributed by atoms with van der Waals surface area (Å²) in [7, 11) is 0. The molecule has 1 aromatic carbocycles. The van der Waals surface area contributed by atoms with E-state index in [2.05, 4.69) is 81.3 Å². The highest BCUT2D eigenvalue weighted by atomic mass is 127. The van der Waals surface area contributed by atoms with E-state index in [1.54, 1.807) is 0 Å². The summed E-state index contributed by atoms with van der Waals surface area (Å²) in [6, 6.07) is 4.33. The van der Waals surface area contributed by atoms with Crippen LogP contribution >= 0.6 is 22.6 Å². The molecule has 0 amide bonds. The van der Waals surface area contributed by atoms with E-state index in [9.17, 15) is 0 Å². The molecule has 0 aliphatic rings. The van der Waals surface area contributed by atoms with E-state index in [-0.39, 0.29) is 5.41 Å². The molecule has 112 valence electrons. The number of nitrogens with two attached hydrogens (primary N) is 1. The van der Waals surface area contributed by atoms with Gasteiger partial charge in [-0.1, -0.05) is 26.8 Å². The molecule has 0 atom stereocenters. The standard InChI is InChI=1S/C17H22IN3/c1-9-7-11(3)12(8-10(9)2)16-20-14(17(4,5)6)13(18)15(19)21-16/h7-8H,1-6H3,(H2,19,20,21). The maximum absolute atomic E-state index is 6.11. The van der Waals surface area contributed by atoms with Gasteiger partial charge in [0.2, 0.25) is 0 Å². The van der Waals surface area contributed by atoms with Gasteiger partial charge in [0.25, 0.3) is 0 Å². The number of hydrogen-bond donors (Lipinski definition) is 1. The molecule has 1 aromatic heterocycles. The fourth-order valence-electron chi connectivity index (χ4n) is 2.28. The molecule has 2 rings (SSSR count). The Balaban J connectivity index is 2.71. The van der Waals surface area contributed by atoms with Gasteiger partial charge in [0.05, 0.1) is 9.26 Å². The first-order chi connectivity index (χ1) is 9.61. The predicted molar refractivity (Wildman–Crippen MR) is 97.5 cm³/mol. The second kappa shape index (κ2) is 5.55. The second-order valence-electron chi connectivity index (χ2n) is 6.60. The number of aryl methyl sites for hydroxylation is 3.